The SMILES string of the molecule is CC1CCCCCCOc2c(CN(C)C(=O)OC(C)(C)C)cccc2NC(=O)c2nc(cnc2N)-c2ccc(cc2)S(=O)C(C)(C)C1. The second kappa shape index (κ2) is 15.3. The molecule has 2 aromatic carbocycles. The van der Waals surface area contributed by atoms with E-state index in [2.05, 4.69) is 36.1 Å². The molecule has 0 aliphatic carbocycles. The first-order chi connectivity index (χ1) is 22.1. The molecule has 0 spiro atoms. The number of anilines is 2. The van der Waals surface area contributed by atoms with E-state index in [-0.39, 0.29) is 22.8 Å². The molecule has 3 aromatic rings. The highest BCUT2D eigenvalue weighted by Crippen LogP contribution is 2.33. The highest BCUT2D eigenvalue weighted by Gasteiger charge is 2.29. The molecule has 47 heavy (non-hydrogen) atoms. The molecule has 0 saturated carbocycles. The number of fused-ring (bicyclic) bond motifs is 13. The van der Waals surface area contributed by atoms with Crippen LogP contribution < -0.4 is 15.8 Å². The number of amides is 2. The van der Waals surface area contributed by atoms with Crippen molar-refractivity contribution in [3.8, 4) is 17.0 Å². The van der Waals surface area contributed by atoms with Crippen molar-refractivity contribution in [3.05, 3.63) is 59.9 Å². The number of carbonyl (C=O) groups is 2. The third-order valence-corrected chi connectivity index (χ3v) is 9.89. The molecule has 2 atom stereocenters. The van der Waals surface area contributed by atoms with Crippen LogP contribution in [0.3, 0.4) is 0 Å². The minimum atomic E-state index is -1.20. The summed E-state index contributed by atoms with van der Waals surface area (Å²) in [7, 11) is 0.463. The van der Waals surface area contributed by atoms with Gasteiger partial charge < -0.3 is 25.4 Å². The molecule has 0 fully saturated rings. The first-order valence-electron chi connectivity index (χ1n) is 16.3. The number of aromatic nitrogens is 2. The Morgan fingerprint density at radius 3 is 2.53 bits per heavy atom. The summed E-state index contributed by atoms with van der Waals surface area (Å²) in [6.07, 6.45) is 6.91. The number of nitrogens with two attached hydrogens (primary N) is 1. The largest absolute Gasteiger partial charge is 0.491 e. The van der Waals surface area contributed by atoms with Crippen molar-refractivity contribution in [3.63, 3.8) is 0 Å². The third kappa shape index (κ3) is 9.76. The highest BCUT2D eigenvalue weighted by atomic mass is 32.2. The summed E-state index contributed by atoms with van der Waals surface area (Å²) in [5, 5.41) is 2.92. The predicted molar refractivity (Wildman–Crippen MR) is 187 cm³/mol. The highest BCUT2D eigenvalue weighted by molar-refractivity contribution is 7.86. The van der Waals surface area contributed by atoms with Crippen LogP contribution in [0.4, 0.5) is 16.3 Å². The van der Waals surface area contributed by atoms with Gasteiger partial charge in [0, 0.05) is 27.8 Å². The van der Waals surface area contributed by atoms with Crippen LogP contribution in [-0.4, -0.2) is 55.1 Å². The van der Waals surface area contributed by atoms with Gasteiger partial charge in [-0.15, -0.1) is 0 Å². The molecule has 5 rings (SSSR count). The van der Waals surface area contributed by atoms with Crippen molar-refractivity contribution < 1.29 is 23.3 Å². The number of carbonyl (C=O) groups excluding carboxylic acids is 2. The van der Waals surface area contributed by atoms with E-state index < -0.39 is 28.4 Å². The molecule has 10 nitrogen and oxygen atoms in total. The molecule has 2 unspecified atom stereocenters. The zero-order chi connectivity index (χ0) is 34.4. The van der Waals surface area contributed by atoms with Crippen molar-refractivity contribution in [1.29, 1.82) is 0 Å². The minimum absolute atomic E-state index is 0.0161. The normalized spacial score (nSPS) is 19.3. The van der Waals surface area contributed by atoms with Gasteiger partial charge in [-0.1, -0.05) is 56.9 Å². The minimum Gasteiger partial charge on any atom is -0.491 e. The van der Waals surface area contributed by atoms with Gasteiger partial charge in [0.05, 0.1) is 41.5 Å². The Bertz CT molecular complexity index is 1590. The second-order valence-corrected chi connectivity index (χ2v) is 16.1. The molecule has 3 heterocycles. The maximum atomic E-state index is 13.6. The fourth-order valence-corrected chi connectivity index (χ4v) is 7.19. The molecule has 4 bridgehead atoms. The fourth-order valence-electron chi connectivity index (χ4n) is 5.73. The third-order valence-electron chi connectivity index (χ3n) is 8.02. The van der Waals surface area contributed by atoms with Gasteiger partial charge in [0.1, 0.15) is 11.4 Å². The number of hydrogen-bond acceptors (Lipinski definition) is 8. The van der Waals surface area contributed by atoms with E-state index in [1.54, 1.807) is 19.2 Å². The van der Waals surface area contributed by atoms with Gasteiger partial charge in [-0.3, -0.25) is 9.00 Å². The average Bonchev–Trinajstić information content (AvgIpc) is 3.00. The van der Waals surface area contributed by atoms with Crippen LogP contribution in [-0.2, 0) is 22.1 Å². The molecule has 0 radical (unpaired) electrons. The lowest BCUT2D eigenvalue weighted by atomic mass is 9.93. The van der Waals surface area contributed by atoms with Gasteiger partial charge in [0.25, 0.3) is 5.91 Å². The van der Waals surface area contributed by atoms with Crippen molar-refractivity contribution >= 4 is 34.3 Å². The first kappa shape index (κ1) is 35.9. The number of rotatable bonds is 2. The molecule has 2 aliphatic heterocycles. The molecule has 2 aliphatic rings. The monoisotopic (exact) mass is 663 g/mol. The van der Waals surface area contributed by atoms with E-state index in [1.165, 1.54) is 11.1 Å². The van der Waals surface area contributed by atoms with Crippen molar-refractivity contribution in [2.45, 2.75) is 102 Å². The quantitative estimate of drug-likeness (QED) is 0.286. The summed E-state index contributed by atoms with van der Waals surface area (Å²) < 4.78 is 25.1. The van der Waals surface area contributed by atoms with Crippen LogP contribution in [0.25, 0.3) is 11.3 Å². The van der Waals surface area contributed by atoms with E-state index >= 15 is 0 Å². The smallest absolute Gasteiger partial charge is 0.410 e. The Labute approximate surface area is 281 Å². The summed E-state index contributed by atoms with van der Waals surface area (Å²) in [6, 6.07) is 12.8. The molecular formula is C36H49N5O5S. The lowest BCUT2D eigenvalue weighted by molar-refractivity contribution is 0.0284. The van der Waals surface area contributed by atoms with E-state index in [1.807, 2.05) is 51.1 Å². The maximum absolute atomic E-state index is 13.6. The fraction of sp³-hybridized carbons (Fsp3) is 0.500. The Morgan fingerprint density at radius 1 is 1.13 bits per heavy atom. The van der Waals surface area contributed by atoms with Gasteiger partial charge in [0.2, 0.25) is 0 Å². The average molecular weight is 664 g/mol. The van der Waals surface area contributed by atoms with Crippen LogP contribution in [0.15, 0.2) is 53.6 Å². The van der Waals surface area contributed by atoms with Crippen LogP contribution in [0, 0.1) is 5.92 Å². The van der Waals surface area contributed by atoms with Gasteiger partial charge in [-0.2, -0.15) is 0 Å². The van der Waals surface area contributed by atoms with E-state index in [0.717, 1.165) is 49.0 Å². The number of ether oxygens (including phenoxy) is 2. The Balaban J connectivity index is 1.67. The van der Waals surface area contributed by atoms with Crippen LogP contribution in [0.5, 0.6) is 5.75 Å². The van der Waals surface area contributed by atoms with Crippen molar-refractivity contribution in [2.24, 2.45) is 5.92 Å². The topological polar surface area (TPSA) is 137 Å². The van der Waals surface area contributed by atoms with Gasteiger partial charge >= 0.3 is 6.09 Å². The number of para-hydroxylation sites is 1. The van der Waals surface area contributed by atoms with E-state index in [4.69, 9.17) is 15.2 Å². The van der Waals surface area contributed by atoms with Gasteiger partial charge in [-0.05, 0) is 71.6 Å². The first-order valence-corrected chi connectivity index (χ1v) is 17.4. The van der Waals surface area contributed by atoms with Gasteiger partial charge in [-0.25, -0.2) is 14.8 Å². The summed E-state index contributed by atoms with van der Waals surface area (Å²) in [5.41, 5.74) is 7.80. The van der Waals surface area contributed by atoms with Crippen molar-refractivity contribution in [2.75, 3.05) is 24.7 Å². The summed E-state index contributed by atoms with van der Waals surface area (Å²) >= 11 is 0. The summed E-state index contributed by atoms with van der Waals surface area (Å²) in [4.78, 5) is 37.4. The molecule has 11 heteroatoms. The molecule has 2 amide bonds. The lowest BCUT2D eigenvalue weighted by Crippen LogP contribution is -2.34. The van der Waals surface area contributed by atoms with Crippen LogP contribution in [0.1, 0.15) is 96.1 Å². The Hall–Kier alpha value is -3.99. The zero-order valence-electron chi connectivity index (χ0n) is 28.7. The zero-order valence-corrected chi connectivity index (χ0v) is 29.5. The van der Waals surface area contributed by atoms with Gasteiger partial charge in [0.15, 0.2) is 11.5 Å². The number of benzene rings is 2. The number of nitrogen functional groups attached to an aromatic ring is 1. The number of hydrogen-bond donors (Lipinski definition) is 2. The standard InChI is InChI=1S/C36H49N5O5S/c1-24-13-10-8-9-11-20-45-31-26(23-41(7)34(43)46-35(2,3)4)14-12-15-28(31)40-33(42)30-32(37)38-22-29(39-30)25-16-18-27(19-17-25)47(44)36(5,6)21-24/h12,14-19,22,24H,8-11,13,20-21,23H2,1-7H3,(H2,37,38)(H,40,42). The Kier molecular flexibility index (Phi) is 11.7. The molecule has 254 valence electrons. The molecule has 3 N–H and O–H groups in total. The number of nitrogens with one attached hydrogen (secondary N) is 1. The Morgan fingerprint density at radius 2 is 1.83 bits per heavy atom. The summed E-state index contributed by atoms with van der Waals surface area (Å²) in [6.45, 7) is 12.5. The van der Waals surface area contributed by atoms with Crippen LogP contribution in [0.2, 0.25) is 0 Å². The summed E-state index contributed by atoms with van der Waals surface area (Å²) in [5.74, 6) is 0.346. The second-order valence-electron chi connectivity index (χ2n) is 14.0. The van der Waals surface area contributed by atoms with E-state index in [0.29, 0.717) is 35.2 Å². The van der Waals surface area contributed by atoms with Crippen LogP contribution >= 0.6 is 0 Å². The van der Waals surface area contributed by atoms with E-state index in [9.17, 15) is 13.8 Å². The molecule has 0 saturated heterocycles. The molecular weight excluding hydrogens is 614 g/mol. The van der Waals surface area contributed by atoms with Crippen molar-refractivity contribution in [1.82, 2.24) is 14.9 Å². The predicted octanol–water partition coefficient (Wildman–Crippen LogP) is 7.60. The number of nitrogens with zero attached hydrogens (tertiary/aromatic N) is 3. The molecule has 1 aromatic heterocycles. The lowest BCUT2D eigenvalue weighted by Gasteiger charge is -2.27. The maximum Gasteiger partial charge on any atom is 0.410 e.